The third kappa shape index (κ3) is 5.08. The molecule has 1 aliphatic heterocycles. The number of rotatable bonds is 7. The number of aryl methyl sites for hydroxylation is 1. The van der Waals surface area contributed by atoms with Crippen LogP contribution in [0, 0.1) is 13.8 Å². The first kappa shape index (κ1) is 23.8. The van der Waals surface area contributed by atoms with Crippen molar-refractivity contribution in [1.82, 2.24) is 9.78 Å². The summed E-state index contributed by atoms with van der Waals surface area (Å²) in [6.45, 7) is 4.44. The number of benzene rings is 2. The normalized spacial score (nSPS) is 12.6. The molecule has 0 saturated heterocycles. The van der Waals surface area contributed by atoms with Gasteiger partial charge in [0.2, 0.25) is 0 Å². The number of hydrogen-bond donors (Lipinski definition) is 0. The van der Waals surface area contributed by atoms with Crippen molar-refractivity contribution in [3.63, 3.8) is 0 Å². The smallest absolute Gasteiger partial charge is 0.338 e. The minimum Gasteiger partial charge on any atom is -0.469 e. The fraction of sp³-hybridized carbons (Fsp3) is 0.320. The van der Waals surface area contributed by atoms with Crippen LogP contribution in [0.25, 0.3) is 5.69 Å². The second kappa shape index (κ2) is 10.3. The molecular formula is C25H25ClN2O6. The topological polar surface area (TPSA) is 88.9 Å². The number of hydrogen-bond acceptors (Lipinski definition) is 7. The lowest BCUT2D eigenvalue weighted by Crippen LogP contribution is -2.14. The summed E-state index contributed by atoms with van der Waals surface area (Å²) in [4.78, 5) is 24.1. The van der Waals surface area contributed by atoms with Gasteiger partial charge in [0.05, 0.1) is 30.7 Å². The van der Waals surface area contributed by atoms with Gasteiger partial charge in [-0.15, -0.1) is 0 Å². The molecule has 0 bridgehead atoms. The highest BCUT2D eigenvalue weighted by Gasteiger charge is 2.19. The third-order valence-electron chi connectivity index (χ3n) is 5.71. The maximum Gasteiger partial charge on any atom is 0.338 e. The first-order chi connectivity index (χ1) is 16.4. The summed E-state index contributed by atoms with van der Waals surface area (Å²) in [6, 6.07) is 10.5. The molecule has 0 fully saturated rings. The van der Waals surface area contributed by atoms with Gasteiger partial charge in [-0.1, -0.05) is 11.6 Å². The Morgan fingerprint density at radius 2 is 1.94 bits per heavy atom. The van der Waals surface area contributed by atoms with E-state index in [0.29, 0.717) is 41.3 Å². The highest BCUT2D eigenvalue weighted by Crippen LogP contribution is 2.32. The molecule has 8 nitrogen and oxygen atoms in total. The fourth-order valence-corrected chi connectivity index (χ4v) is 4.21. The molecule has 0 atom stereocenters. The number of aromatic nitrogens is 2. The molecule has 1 aliphatic rings. The number of halogens is 1. The van der Waals surface area contributed by atoms with E-state index in [2.05, 4.69) is 5.10 Å². The van der Waals surface area contributed by atoms with E-state index in [1.165, 1.54) is 7.11 Å². The molecule has 178 valence electrons. The van der Waals surface area contributed by atoms with Crippen molar-refractivity contribution < 1.29 is 28.5 Å². The minimum atomic E-state index is -0.459. The maximum absolute atomic E-state index is 12.6. The van der Waals surface area contributed by atoms with Gasteiger partial charge in [0.15, 0.2) is 6.79 Å². The summed E-state index contributed by atoms with van der Waals surface area (Å²) >= 11 is 6.18. The van der Waals surface area contributed by atoms with Crippen molar-refractivity contribution in [3.05, 3.63) is 75.1 Å². The van der Waals surface area contributed by atoms with E-state index >= 15 is 0 Å². The van der Waals surface area contributed by atoms with Gasteiger partial charge in [-0.05, 0) is 62.2 Å². The molecule has 0 spiro atoms. The van der Waals surface area contributed by atoms with E-state index in [9.17, 15) is 9.59 Å². The van der Waals surface area contributed by atoms with Gasteiger partial charge in [0.25, 0.3) is 0 Å². The summed E-state index contributed by atoms with van der Waals surface area (Å²) in [7, 11) is 1.38. The molecule has 4 rings (SSSR count). The molecule has 3 aromatic rings. The van der Waals surface area contributed by atoms with Crippen LogP contribution in [0.2, 0.25) is 5.02 Å². The second-order valence-corrected chi connectivity index (χ2v) is 8.36. The molecule has 0 saturated carbocycles. The summed E-state index contributed by atoms with van der Waals surface area (Å²) in [5.74, 6) is -0.0709. The summed E-state index contributed by atoms with van der Waals surface area (Å²) in [6.07, 6.45) is 0.848. The monoisotopic (exact) mass is 484 g/mol. The minimum absolute atomic E-state index is 0.0322. The molecular weight excluding hydrogens is 460 g/mol. The number of esters is 2. The predicted molar refractivity (Wildman–Crippen MR) is 124 cm³/mol. The van der Waals surface area contributed by atoms with Crippen molar-refractivity contribution in [2.75, 3.05) is 13.9 Å². The highest BCUT2D eigenvalue weighted by molar-refractivity contribution is 6.30. The molecule has 0 N–H and O–H groups in total. The average Bonchev–Trinajstić information content (AvgIpc) is 3.13. The first-order valence-electron chi connectivity index (χ1n) is 10.8. The van der Waals surface area contributed by atoms with Gasteiger partial charge in [-0.25, -0.2) is 9.48 Å². The fourth-order valence-electron chi connectivity index (χ4n) is 3.95. The molecule has 0 aliphatic carbocycles. The molecule has 0 radical (unpaired) electrons. The van der Waals surface area contributed by atoms with E-state index in [0.717, 1.165) is 28.2 Å². The Kier molecular flexibility index (Phi) is 7.19. The van der Waals surface area contributed by atoms with Crippen LogP contribution < -0.4 is 4.74 Å². The molecule has 34 heavy (non-hydrogen) atoms. The van der Waals surface area contributed by atoms with E-state index in [-0.39, 0.29) is 19.4 Å². The molecule has 0 unspecified atom stereocenters. The van der Waals surface area contributed by atoms with Crippen LogP contribution in [-0.4, -0.2) is 35.6 Å². The van der Waals surface area contributed by atoms with Gasteiger partial charge in [-0.2, -0.15) is 5.10 Å². The Hall–Kier alpha value is -3.36. The molecule has 9 heteroatoms. The van der Waals surface area contributed by atoms with Crippen LogP contribution in [0.3, 0.4) is 0 Å². The predicted octanol–water partition coefficient (Wildman–Crippen LogP) is 4.47. The molecule has 1 aromatic heterocycles. The maximum atomic E-state index is 12.6. The number of carbonyl (C=O) groups excluding carboxylic acids is 2. The van der Waals surface area contributed by atoms with E-state index in [1.54, 1.807) is 28.9 Å². The summed E-state index contributed by atoms with van der Waals surface area (Å²) < 4.78 is 22.9. The zero-order valence-corrected chi connectivity index (χ0v) is 20.0. The Morgan fingerprint density at radius 1 is 1.18 bits per heavy atom. The van der Waals surface area contributed by atoms with Crippen molar-refractivity contribution in [2.45, 2.75) is 39.9 Å². The van der Waals surface area contributed by atoms with Crippen LogP contribution in [-0.2, 0) is 38.6 Å². The lowest BCUT2D eigenvalue weighted by molar-refractivity contribution is -0.140. The van der Waals surface area contributed by atoms with E-state index in [1.807, 2.05) is 26.0 Å². The van der Waals surface area contributed by atoms with Crippen molar-refractivity contribution in [2.24, 2.45) is 0 Å². The quantitative estimate of drug-likeness (QED) is 0.457. The molecule has 2 aromatic carbocycles. The van der Waals surface area contributed by atoms with Gasteiger partial charge < -0.3 is 18.9 Å². The Labute approximate surface area is 202 Å². The lowest BCUT2D eigenvalue weighted by atomic mass is 10.1. The van der Waals surface area contributed by atoms with E-state index < -0.39 is 5.97 Å². The largest absolute Gasteiger partial charge is 0.469 e. The standard InChI is InChI=1S/C25H25ClN2O6/c1-15-22(8-9-23(29)31-3)16(2)28(27-15)21-6-4-17(5-7-21)25(30)33-13-19-11-20(26)10-18-12-32-14-34-24(18)19/h4-7,10-11H,8-9,12-14H2,1-3H3. The van der Waals surface area contributed by atoms with Gasteiger partial charge in [-0.3, -0.25) is 4.79 Å². The Balaban J connectivity index is 1.45. The third-order valence-corrected chi connectivity index (χ3v) is 5.92. The lowest BCUT2D eigenvalue weighted by Gasteiger charge is -2.21. The molecule has 0 amide bonds. The van der Waals surface area contributed by atoms with Gasteiger partial charge in [0.1, 0.15) is 12.4 Å². The SMILES string of the molecule is COC(=O)CCc1c(C)nn(-c2ccc(C(=O)OCc3cc(Cl)cc4c3OCOC4)cc2)c1C. The zero-order valence-electron chi connectivity index (χ0n) is 19.2. The van der Waals surface area contributed by atoms with Crippen LogP contribution in [0.5, 0.6) is 5.75 Å². The average molecular weight is 485 g/mol. The Bertz CT molecular complexity index is 1220. The van der Waals surface area contributed by atoms with Crippen LogP contribution in [0.4, 0.5) is 0 Å². The molecule has 2 heterocycles. The van der Waals surface area contributed by atoms with Crippen LogP contribution >= 0.6 is 11.6 Å². The zero-order chi connectivity index (χ0) is 24.2. The Morgan fingerprint density at radius 3 is 2.68 bits per heavy atom. The highest BCUT2D eigenvalue weighted by atomic mass is 35.5. The summed E-state index contributed by atoms with van der Waals surface area (Å²) in [5, 5.41) is 5.12. The summed E-state index contributed by atoms with van der Waals surface area (Å²) in [5.41, 5.74) is 5.53. The van der Waals surface area contributed by atoms with Crippen molar-refractivity contribution in [3.8, 4) is 11.4 Å². The number of carbonyl (C=O) groups is 2. The van der Waals surface area contributed by atoms with E-state index in [4.69, 9.17) is 30.5 Å². The second-order valence-electron chi connectivity index (χ2n) is 7.92. The number of methoxy groups -OCH3 is 1. The van der Waals surface area contributed by atoms with Gasteiger partial charge >= 0.3 is 11.9 Å². The number of nitrogens with zero attached hydrogens (tertiary/aromatic N) is 2. The van der Waals surface area contributed by atoms with Crippen molar-refractivity contribution >= 4 is 23.5 Å². The first-order valence-corrected chi connectivity index (χ1v) is 11.2. The van der Waals surface area contributed by atoms with Gasteiger partial charge in [0, 0.05) is 28.3 Å². The number of fused-ring (bicyclic) bond motifs is 1. The van der Waals surface area contributed by atoms with Crippen LogP contribution in [0.1, 0.15) is 44.9 Å². The number of ether oxygens (including phenoxy) is 4. The van der Waals surface area contributed by atoms with Crippen molar-refractivity contribution in [1.29, 1.82) is 0 Å². The van der Waals surface area contributed by atoms with Crippen LogP contribution in [0.15, 0.2) is 36.4 Å².